The molecule has 0 fully saturated rings. The summed E-state index contributed by atoms with van der Waals surface area (Å²) in [5.74, 6) is -0.528. The number of benzene rings is 1. The highest BCUT2D eigenvalue weighted by atomic mass is 19.1. The van der Waals surface area contributed by atoms with Crippen molar-refractivity contribution in [3.05, 3.63) is 53.9 Å². The van der Waals surface area contributed by atoms with Crippen LogP contribution in [0.3, 0.4) is 0 Å². The van der Waals surface area contributed by atoms with Crippen LogP contribution < -0.4 is 5.32 Å². The van der Waals surface area contributed by atoms with Crippen molar-refractivity contribution in [3.8, 4) is 6.07 Å². The van der Waals surface area contributed by atoms with E-state index in [9.17, 15) is 4.39 Å². The topological polar surface area (TPSA) is 61.6 Å². The van der Waals surface area contributed by atoms with Crippen LogP contribution in [0.5, 0.6) is 0 Å². The minimum Gasteiger partial charge on any atom is -0.379 e. The standard InChI is InChI=1S/C12H9FN4/c13-12-5-10(2-1-9(12)6-14)16-7-11-3-4-15-8-17-11/h1-5,8,16H,7H2. The van der Waals surface area contributed by atoms with Gasteiger partial charge in [-0.2, -0.15) is 5.26 Å². The number of rotatable bonds is 3. The maximum atomic E-state index is 13.3. The monoisotopic (exact) mass is 228 g/mol. The van der Waals surface area contributed by atoms with E-state index < -0.39 is 5.82 Å². The fourth-order valence-corrected chi connectivity index (χ4v) is 1.33. The Hall–Kier alpha value is -2.48. The molecule has 0 radical (unpaired) electrons. The fraction of sp³-hybridized carbons (Fsp3) is 0.0833. The van der Waals surface area contributed by atoms with E-state index in [1.807, 2.05) is 0 Å². The Morgan fingerprint density at radius 2 is 2.24 bits per heavy atom. The third kappa shape index (κ3) is 2.75. The Morgan fingerprint density at radius 3 is 2.88 bits per heavy atom. The molecular formula is C12H9FN4. The molecule has 0 aliphatic rings. The van der Waals surface area contributed by atoms with Crippen molar-refractivity contribution in [2.24, 2.45) is 0 Å². The third-order valence-electron chi connectivity index (χ3n) is 2.21. The van der Waals surface area contributed by atoms with E-state index in [4.69, 9.17) is 5.26 Å². The lowest BCUT2D eigenvalue weighted by molar-refractivity contribution is 0.624. The first-order valence-electron chi connectivity index (χ1n) is 4.98. The molecule has 0 spiro atoms. The highest BCUT2D eigenvalue weighted by Gasteiger charge is 2.02. The van der Waals surface area contributed by atoms with Crippen LogP contribution in [0, 0.1) is 17.1 Å². The molecule has 0 aliphatic heterocycles. The van der Waals surface area contributed by atoms with Crippen LogP contribution in [0.25, 0.3) is 0 Å². The van der Waals surface area contributed by atoms with Gasteiger partial charge in [-0.25, -0.2) is 14.4 Å². The number of anilines is 1. The molecule has 4 nitrogen and oxygen atoms in total. The summed E-state index contributed by atoms with van der Waals surface area (Å²) in [5.41, 5.74) is 1.46. The van der Waals surface area contributed by atoms with Gasteiger partial charge in [-0.3, -0.25) is 0 Å². The smallest absolute Gasteiger partial charge is 0.143 e. The van der Waals surface area contributed by atoms with Gasteiger partial charge >= 0.3 is 0 Å². The molecule has 17 heavy (non-hydrogen) atoms. The molecular weight excluding hydrogens is 219 g/mol. The highest BCUT2D eigenvalue weighted by Crippen LogP contribution is 2.14. The first-order chi connectivity index (χ1) is 8.29. The Morgan fingerprint density at radius 1 is 1.35 bits per heavy atom. The Balaban J connectivity index is 2.06. The first kappa shape index (κ1) is 11.0. The first-order valence-corrected chi connectivity index (χ1v) is 4.98. The zero-order valence-electron chi connectivity index (χ0n) is 8.89. The van der Waals surface area contributed by atoms with Crippen molar-refractivity contribution in [2.45, 2.75) is 6.54 Å². The van der Waals surface area contributed by atoms with Gasteiger partial charge in [0.15, 0.2) is 0 Å². The number of nitrogens with one attached hydrogen (secondary N) is 1. The van der Waals surface area contributed by atoms with Crippen molar-refractivity contribution in [3.63, 3.8) is 0 Å². The summed E-state index contributed by atoms with van der Waals surface area (Å²) >= 11 is 0. The summed E-state index contributed by atoms with van der Waals surface area (Å²) in [6.45, 7) is 0.480. The zero-order valence-corrected chi connectivity index (χ0v) is 8.89. The molecule has 1 heterocycles. The lowest BCUT2D eigenvalue weighted by Gasteiger charge is -2.05. The Labute approximate surface area is 97.8 Å². The Kier molecular flexibility index (Phi) is 3.26. The summed E-state index contributed by atoms with van der Waals surface area (Å²) in [5, 5.41) is 11.6. The fourth-order valence-electron chi connectivity index (χ4n) is 1.33. The van der Waals surface area contributed by atoms with Gasteiger partial charge in [0, 0.05) is 11.9 Å². The molecule has 2 aromatic rings. The number of nitrogens with zero attached hydrogens (tertiary/aromatic N) is 3. The zero-order chi connectivity index (χ0) is 12.1. The average Bonchev–Trinajstić information content (AvgIpc) is 2.38. The van der Waals surface area contributed by atoms with E-state index in [0.29, 0.717) is 12.2 Å². The Bertz CT molecular complexity index is 548. The molecule has 0 saturated carbocycles. The molecule has 2 rings (SSSR count). The molecule has 0 unspecified atom stereocenters. The maximum Gasteiger partial charge on any atom is 0.143 e. The summed E-state index contributed by atoms with van der Waals surface area (Å²) in [4.78, 5) is 7.83. The van der Waals surface area contributed by atoms with Gasteiger partial charge in [-0.1, -0.05) is 0 Å². The number of hydrogen-bond donors (Lipinski definition) is 1. The van der Waals surface area contributed by atoms with Gasteiger partial charge in [0.1, 0.15) is 18.2 Å². The maximum absolute atomic E-state index is 13.3. The van der Waals surface area contributed by atoms with E-state index in [0.717, 1.165) is 5.69 Å². The second kappa shape index (κ2) is 5.03. The van der Waals surface area contributed by atoms with Crippen molar-refractivity contribution < 1.29 is 4.39 Å². The molecule has 0 saturated heterocycles. The van der Waals surface area contributed by atoms with Crippen molar-refractivity contribution >= 4 is 5.69 Å². The quantitative estimate of drug-likeness (QED) is 0.873. The van der Waals surface area contributed by atoms with Crippen LogP contribution in [0.4, 0.5) is 10.1 Å². The predicted octanol–water partition coefficient (Wildman–Crippen LogP) is 2.10. The van der Waals surface area contributed by atoms with Crippen molar-refractivity contribution in [1.82, 2.24) is 9.97 Å². The molecule has 1 aromatic heterocycles. The van der Waals surface area contributed by atoms with Gasteiger partial charge in [-0.05, 0) is 24.3 Å². The summed E-state index contributed by atoms with van der Waals surface area (Å²) < 4.78 is 13.3. The van der Waals surface area contributed by atoms with Crippen molar-refractivity contribution in [1.29, 1.82) is 5.26 Å². The summed E-state index contributed by atoms with van der Waals surface area (Å²) in [6.07, 6.45) is 3.10. The molecule has 0 bridgehead atoms. The lowest BCUT2D eigenvalue weighted by atomic mass is 10.2. The van der Waals surface area contributed by atoms with Gasteiger partial charge in [0.2, 0.25) is 0 Å². The number of hydrogen-bond acceptors (Lipinski definition) is 4. The summed E-state index contributed by atoms with van der Waals surface area (Å²) in [6, 6.07) is 7.93. The van der Waals surface area contributed by atoms with E-state index in [1.54, 1.807) is 24.4 Å². The van der Waals surface area contributed by atoms with Crippen LogP contribution >= 0.6 is 0 Å². The molecule has 1 aromatic carbocycles. The largest absolute Gasteiger partial charge is 0.379 e. The molecule has 84 valence electrons. The molecule has 1 N–H and O–H groups in total. The normalized spacial score (nSPS) is 9.65. The van der Waals surface area contributed by atoms with Gasteiger partial charge < -0.3 is 5.32 Å². The molecule has 0 atom stereocenters. The van der Waals surface area contributed by atoms with Gasteiger partial charge in [0.25, 0.3) is 0 Å². The van der Waals surface area contributed by atoms with Crippen LogP contribution in [-0.2, 0) is 6.54 Å². The third-order valence-corrected chi connectivity index (χ3v) is 2.21. The minimum absolute atomic E-state index is 0.0394. The highest BCUT2D eigenvalue weighted by molar-refractivity contribution is 5.48. The number of halogens is 1. The molecule has 0 aliphatic carbocycles. The SMILES string of the molecule is N#Cc1ccc(NCc2ccncn2)cc1F. The molecule has 0 amide bonds. The lowest BCUT2D eigenvalue weighted by Crippen LogP contribution is -2.02. The average molecular weight is 228 g/mol. The van der Waals surface area contributed by atoms with Crippen LogP contribution in [-0.4, -0.2) is 9.97 Å². The second-order valence-corrected chi connectivity index (χ2v) is 3.36. The number of aromatic nitrogens is 2. The van der Waals surface area contributed by atoms with Crippen LogP contribution in [0.15, 0.2) is 36.8 Å². The van der Waals surface area contributed by atoms with Crippen molar-refractivity contribution in [2.75, 3.05) is 5.32 Å². The van der Waals surface area contributed by atoms with E-state index in [2.05, 4.69) is 15.3 Å². The van der Waals surface area contributed by atoms with Crippen LogP contribution in [0.1, 0.15) is 11.3 Å². The van der Waals surface area contributed by atoms with E-state index in [1.165, 1.54) is 18.5 Å². The predicted molar refractivity (Wildman–Crippen MR) is 60.5 cm³/mol. The van der Waals surface area contributed by atoms with Gasteiger partial charge in [0.05, 0.1) is 17.8 Å². The van der Waals surface area contributed by atoms with E-state index >= 15 is 0 Å². The van der Waals surface area contributed by atoms with Gasteiger partial charge in [-0.15, -0.1) is 0 Å². The van der Waals surface area contributed by atoms with Crippen LogP contribution in [0.2, 0.25) is 0 Å². The number of nitriles is 1. The second-order valence-electron chi connectivity index (χ2n) is 3.36. The minimum atomic E-state index is -0.528. The summed E-state index contributed by atoms with van der Waals surface area (Å²) in [7, 11) is 0. The molecule has 5 heteroatoms. The van der Waals surface area contributed by atoms with E-state index in [-0.39, 0.29) is 5.56 Å².